The van der Waals surface area contributed by atoms with Gasteiger partial charge < -0.3 is 4.74 Å². The van der Waals surface area contributed by atoms with Crippen molar-refractivity contribution in [2.24, 2.45) is 5.92 Å². The molecule has 3 heteroatoms. The Kier molecular flexibility index (Phi) is 3.08. The maximum atomic E-state index is 12.2. The lowest BCUT2D eigenvalue weighted by molar-refractivity contribution is -0.136. The van der Waals surface area contributed by atoms with Crippen LogP contribution >= 0.6 is 0 Å². The Labute approximate surface area is 108 Å². The van der Waals surface area contributed by atoms with E-state index < -0.39 is 0 Å². The zero-order chi connectivity index (χ0) is 12.5. The molecule has 1 unspecified atom stereocenters. The number of Topliss-reactive ketones (excluding diaryl/α,β-unsaturated/α-hetero) is 1. The lowest BCUT2D eigenvalue weighted by atomic mass is 9.80. The summed E-state index contributed by atoms with van der Waals surface area (Å²) in [7, 11) is 1.67. The van der Waals surface area contributed by atoms with Crippen LogP contribution in [0.3, 0.4) is 0 Å². The Morgan fingerprint density at radius 3 is 2.44 bits per heavy atom. The van der Waals surface area contributed by atoms with Crippen molar-refractivity contribution in [2.45, 2.75) is 25.3 Å². The molecule has 3 heterocycles. The Bertz CT molecular complexity index is 432. The maximum absolute atomic E-state index is 12.2. The average Bonchev–Trinajstić information content (AvgIpc) is 2.44. The first-order valence-corrected chi connectivity index (χ1v) is 6.68. The Hall–Kier alpha value is -1.35. The van der Waals surface area contributed by atoms with Crippen molar-refractivity contribution in [3.05, 3.63) is 29.8 Å². The van der Waals surface area contributed by atoms with Gasteiger partial charge in [0.15, 0.2) is 5.78 Å². The van der Waals surface area contributed by atoms with Gasteiger partial charge in [-0.1, -0.05) is 12.1 Å². The highest BCUT2D eigenvalue weighted by Crippen LogP contribution is 2.30. The normalized spacial score (nSPS) is 30.5. The van der Waals surface area contributed by atoms with Gasteiger partial charge in [0.2, 0.25) is 0 Å². The summed E-state index contributed by atoms with van der Waals surface area (Å²) >= 11 is 0. The molecule has 3 aliphatic heterocycles. The number of ketones is 1. The third kappa shape index (κ3) is 2.03. The minimum Gasteiger partial charge on any atom is -0.497 e. The van der Waals surface area contributed by atoms with Crippen LogP contribution in [0.2, 0.25) is 0 Å². The van der Waals surface area contributed by atoms with Crippen molar-refractivity contribution in [1.82, 2.24) is 4.90 Å². The molecule has 18 heavy (non-hydrogen) atoms. The number of piperidine rings is 3. The summed E-state index contributed by atoms with van der Waals surface area (Å²) in [5.41, 5.74) is 1.22. The van der Waals surface area contributed by atoms with Gasteiger partial charge in [-0.25, -0.2) is 0 Å². The van der Waals surface area contributed by atoms with E-state index in [1.165, 1.54) is 5.56 Å². The quantitative estimate of drug-likeness (QED) is 0.814. The largest absolute Gasteiger partial charge is 0.497 e. The molecule has 96 valence electrons. The summed E-state index contributed by atoms with van der Waals surface area (Å²) in [6, 6.07) is 8.18. The van der Waals surface area contributed by atoms with Crippen LogP contribution in [0.1, 0.15) is 18.4 Å². The van der Waals surface area contributed by atoms with Crippen molar-refractivity contribution in [1.29, 1.82) is 0 Å². The van der Waals surface area contributed by atoms with Crippen LogP contribution in [0.15, 0.2) is 24.3 Å². The second kappa shape index (κ2) is 4.73. The fourth-order valence-corrected chi connectivity index (χ4v) is 3.16. The monoisotopic (exact) mass is 245 g/mol. The van der Waals surface area contributed by atoms with Crippen LogP contribution in [0, 0.1) is 5.92 Å². The lowest BCUT2D eigenvalue weighted by Crippen LogP contribution is -2.56. The number of hydrogen-bond donors (Lipinski definition) is 0. The smallest absolute Gasteiger partial charge is 0.153 e. The number of nitrogens with zero attached hydrogens (tertiary/aromatic N) is 1. The van der Waals surface area contributed by atoms with Gasteiger partial charge in [0.1, 0.15) is 5.75 Å². The topological polar surface area (TPSA) is 29.5 Å². The highest BCUT2D eigenvalue weighted by atomic mass is 16.5. The first-order chi connectivity index (χ1) is 8.78. The number of rotatable bonds is 3. The van der Waals surface area contributed by atoms with E-state index in [4.69, 9.17) is 4.74 Å². The van der Waals surface area contributed by atoms with Gasteiger partial charge >= 0.3 is 0 Å². The van der Waals surface area contributed by atoms with Crippen molar-refractivity contribution < 1.29 is 9.53 Å². The van der Waals surface area contributed by atoms with E-state index in [2.05, 4.69) is 17.0 Å². The lowest BCUT2D eigenvalue weighted by Gasteiger charge is -2.44. The van der Waals surface area contributed by atoms with Crippen molar-refractivity contribution in [3.63, 3.8) is 0 Å². The van der Waals surface area contributed by atoms with Crippen molar-refractivity contribution in [3.8, 4) is 5.75 Å². The molecule has 1 aromatic carbocycles. The molecule has 3 saturated heterocycles. The van der Waals surface area contributed by atoms with Gasteiger partial charge in [0.05, 0.1) is 13.2 Å². The van der Waals surface area contributed by atoms with Gasteiger partial charge in [-0.2, -0.15) is 0 Å². The Morgan fingerprint density at radius 2 is 1.89 bits per heavy atom. The number of fused-ring (bicyclic) bond motifs is 3. The van der Waals surface area contributed by atoms with E-state index in [0.717, 1.165) is 38.1 Å². The molecule has 0 spiro atoms. The van der Waals surface area contributed by atoms with Crippen LogP contribution in [0.25, 0.3) is 0 Å². The number of methoxy groups -OCH3 is 1. The molecule has 0 amide bonds. The van der Waals surface area contributed by atoms with Crippen LogP contribution < -0.4 is 4.74 Å². The van der Waals surface area contributed by atoms with E-state index in [1.54, 1.807) is 7.11 Å². The van der Waals surface area contributed by atoms with Gasteiger partial charge in [-0.3, -0.25) is 9.69 Å². The van der Waals surface area contributed by atoms with Crippen molar-refractivity contribution in [2.75, 3.05) is 20.2 Å². The number of carbonyl (C=O) groups excluding carboxylic acids is 1. The standard InChI is InChI=1S/C15H19NO2/c1-18-13-4-2-11(3-5-13)10-14-15(17)12-6-8-16(14)9-7-12/h2-5,12,14H,6-10H2,1H3. The summed E-state index contributed by atoms with van der Waals surface area (Å²) in [4.78, 5) is 14.6. The molecular formula is C15H19NO2. The van der Waals surface area contributed by atoms with Crippen LogP contribution in [-0.4, -0.2) is 36.9 Å². The predicted octanol–water partition coefficient (Wildman–Crippen LogP) is 1.90. The predicted molar refractivity (Wildman–Crippen MR) is 69.8 cm³/mol. The molecule has 0 radical (unpaired) electrons. The highest BCUT2D eigenvalue weighted by Gasteiger charge is 2.40. The molecule has 3 aliphatic rings. The van der Waals surface area contributed by atoms with Crippen LogP contribution in [0.4, 0.5) is 0 Å². The number of ether oxygens (including phenoxy) is 1. The molecule has 1 atom stereocenters. The number of carbonyl (C=O) groups is 1. The number of benzene rings is 1. The summed E-state index contributed by atoms with van der Waals surface area (Å²) < 4.78 is 5.15. The first kappa shape index (κ1) is 11.7. The van der Waals surface area contributed by atoms with E-state index in [1.807, 2.05) is 12.1 Å². The molecule has 3 nitrogen and oxygen atoms in total. The molecule has 1 aromatic rings. The van der Waals surface area contributed by atoms with Crippen LogP contribution in [-0.2, 0) is 11.2 Å². The molecular weight excluding hydrogens is 226 g/mol. The summed E-state index contributed by atoms with van der Waals surface area (Å²) in [6.45, 7) is 2.19. The molecule has 0 saturated carbocycles. The van der Waals surface area contributed by atoms with Gasteiger partial charge in [0, 0.05) is 5.92 Å². The fraction of sp³-hybridized carbons (Fsp3) is 0.533. The molecule has 4 rings (SSSR count). The van der Waals surface area contributed by atoms with E-state index >= 15 is 0 Å². The van der Waals surface area contributed by atoms with E-state index in [0.29, 0.717) is 11.7 Å². The maximum Gasteiger partial charge on any atom is 0.153 e. The van der Waals surface area contributed by atoms with E-state index in [-0.39, 0.29) is 6.04 Å². The Morgan fingerprint density at radius 1 is 1.22 bits per heavy atom. The molecule has 0 aromatic heterocycles. The second-order valence-corrected chi connectivity index (χ2v) is 5.28. The van der Waals surface area contributed by atoms with Gasteiger partial charge in [-0.05, 0) is 50.0 Å². The zero-order valence-electron chi connectivity index (χ0n) is 10.8. The Balaban J connectivity index is 1.73. The van der Waals surface area contributed by atoms with Crippen LogP contribution in [0.5, 0.6) is 5.75 Å². The molecule has 0 aliphatic carbocycles. The summed E-state index contributed by atoms with van der Waals surface area (Å²) in [6.07, 6.45) is 2.98. The van der Waals surface area contributed by atoms with E-state index in [9.17, 15) is 4.79 Å². The van der Waals surface area contributed by atoms with Gasteiger partial charge in [-0.15, -0.1) is 0 Å². The first-order valence-electron chi connectivity index (χ1n) is 6.68. The SMILES string of the molecule is COc1ccc(CC2C(=O)C3CCN2CC3)cc1. The summed E-state index contributed by atoms with van der Waals surface area (Å²) in [5.74, 6) is 1.66. The fourth-order valence-electron chi connectivity index (χ4n) is 3.16. The third-order valence-corrected chi connectivity index (χ3v) is 4.29. The average molecular weight is 245 g/mol. The molecule has 0 N–H and O–H groups in total. The summed E-state index contributed by atoms with van der Waals surface area (Å²) in [5, 5.41) is 0. The highest BCUT2D eigenvalue weighted by molar-refractivity contribution is 5.88. The third-order valence-electron chi connectivity index (χ3n) is 4.29. The second-order valence-electron chi connectivity index (χ2n) is 5.28. The zero-order valence-corrected chi connectivity index (χ0v) is 10.8. The minimum atomic E-state index is 0.117. The molecule has 3 fully saturated rings. The van der Waals surface area contributed by atoms with Crippen molar-refractivity contribution >= 4 is 5.78 Å². The number of hydrogen-bond acceptors (Lipinski definition) is 3. The van der Waals surface area contributed by atoms with Gasteiger partial charge in [0.25, 0.3) is 0 Å². The molecule has 2 bridgehead atoms. The minimum absolute atomic E-state index is 0.117.